The van der Waals surface area contributed by atoms with Gasteiger partial charge in [-0.25, -0.2) is 4.98 Å². The van der Waals surface area contributed by atoms with E-state index >= 15 is 0 Å². The lowest BCUT2D eigenvalue weighted by atomic mass is 10.2. The van der Waals surface area contributed by atoms with Crippen molar-refractivity contribution in [2.45, 2.75) is 20.3 Å². The number of hydrogen-bond donors (Lipinski definition) is 1. The van der Waals surface area contributed by atoms with Gasteiger partial charge in [0.2, 0.25) is 0 Å². The molecule has 92 valence electrons. The first-order valence-corrected chi connectivity index (χ1v) is 6.83. The minimum Gasteiger partial charge on any atom is -0.440 e. The summed E-state index contributed by atoms with van der Waals surface area (Å²) in [5, 5.41) is 5.42. The van der Waals surface area contributed by atoms with Crippen molar-refractivity contribution in [2.75, 3.05) is 13.1 Å². The molecule has 3 nitrogen and oxygen atoms in total. The van der Waals surface area contributed by atoms with E-state index in [1.165, 1.54) is 0 Å². The average molecular weight is 250 g/mol. The third-order valence-electron chi connectivity index (χ3n) is 2.39. The maximum Gasteiger partial charge on any atom is 0.196 e. The Kier molecular flexibility index (Phi) is 4.34. The molecule has 4 heteroatoms. The first-order chi connectivity index (χ1) is 8.25. The predicted octanol–water partition coefficient (Wildman–Crippen LogP) is 3.19. The molecule has 1 N–H and O–H groups in total. The van der Waals surface area contributed by atoms with Crippen molar-refractivity contribution in [3.05, 3.63) is 29.6 Å². The Balaban J connectivity index is 1.83. The van der Waals surface area contributed by atoms with Gasteiger partial charge >= 0.3 is 0 Å². The van der Waals surface area contributed by atoms with Gasteiger partial charge in [-0.05, 0) is 23.9 Å². The zero-order valence-corrected chi connectivity index (χ0v) is 11.1. The van der Waals surface area contributed by atoms with Crippen molar-refractivity contribution >= 4 is 11.3 Å². The lowest BCUT2D eigenvalue weighted by Crippen LogP contribution is -2.22. The number of nitrogens with one attached hydrogen (secondary N) is 1. The highest BCUT2D eigenvalue weighted by Gasteiger charge is 2.06. The van der Waals surface area contributed by atoms with Crippen LogP contribution in [0.2, 0.25) is 0 Å². The van der Waals surface area contributed by atoms with E-state index in [4.69, 9.17) is 4.42 Å². The lowest BCUT2D eigenvalue weighted by Gasteiger charge is -2.05. The first kappa shape index (κ1) is 12.3. The van der Waals surface area contributed by atoms with E-state index in [2.05, 4.69) is 24.1 Å². The van der Waals surface area contributed by atoms with Gasteiger partial charge in [-0.15, -0.1) is 11.3 Å². The number of hydrogen-bond acceptors (Lipinski definition) is 4. The predicted molar refractivity (Wildman–Crippen MR) is 71.2 cm³/mol. The summed E-state index contributed by atoms with van der Waals surface area (Å²) in [5.74, 6) is 2.37. The van der Waals surface area contributed by atoms with Crippen LogP contribution >= 0.6 is 11.3 Å². The molecule has 0 aliphatic rings. The molecule has 0 aliphatic carbocycles. The molecule has 0 aromatic carbocycles. The van der Waals surface area contributed by atoms with Gasteiger partial charge < -0.3 is 9.73 Å². The molecule has 0 saturated carbocycles. The van der Waals surface area contributed by atoms with Crippen molar-refractivity contribution in [3.63, 3.8) is 0 Å². The van der Waals surface area contributed by atoms with E-state index < -0.39 is 0 Å². The maximum atomic E-state index is 5.69. The monoisotopic (exact) mass is 250 g/mol. The van der Waals surface area contributed by atoms with Crippen molar-refractivity contribution in [1.82, 2.24) is 10.3 Å². The highest BCUT2D eigenvalue weighted by Crippen LogP contribution is 2.25. The Morgan fingerprint density at radius 3 is 3.06 bits per heavy atom. The molecular formula is C13H18N2OS. The van der Waals surface area contributed by atoms with Crippen LogP contribution in [0.25, 0.3) is 10.6 Å². The van der Waals surface area contributed by atoms with E-state index in [0.29, 0.717) is 5.92 Å². The van der Waals surface area contributed by atoms with Gasteiger partial charge in [0.1, 0.15) is 0 Å². The number of oxazole rings is 1. The van der Waals surface area contributed by atoms with Crippen molar-refractivity contribution in [3.8, 4) is 10.6 Å². The highest BCUT2D eigenvalue weighted by molar-refractivity contribution is 7.13. The summed E-state index contributed by atoms with van der Waals surface area (Å²) in [4.78, 5) is 5.43. The molecule has 0 fully saturated rings. The van der Waals surface area contributed by atoms with Gasteiger partial charge in [0.25, 0.3) is 0 Å². The van der Waals surface area contributed by atoms with Crippen LogP contribution in [0.4, 0.5) is 0 Å². The second-order valence-electron chi connectivity index (χ2n) is 4.44. The van der Waals surface area contributed by atoms with E-state index in [1.54, 1.807) is 11.3 Å². The topological polar surface area (TPSA) is 38.1 Å². The van der Waals surface area contributed by atoms with Crippen LogP contribution in [0.15, 0.2) is 28.1 Å². The first-order valence-electron chi connectivity index (χ1n) is 5.95. The van der Waals surface area contributed by atoms with Crippen LogP contribution < -0.4 is 5.32 Å². The molecule has 17 heavy (non-hydrogen) atoms. The standard InChI is InChI=1S/C13H18N2OS/c1-10(2)8-14-6-5-13-15-9-11(16-13)12-4-3-7-17-12/h3-4,7,9-10,14H,5-6,8H2,1-2H3. The zero-order chi connectivity index (χ0) is 12.1. The summed E-state index contributed by atoms with van der Waals surface area (Å²) in [5.41, 5.74) is 0. The summed E-state index contributed by atoms with van der Waals surface area (Å²) in [6.07, 6.45) is 2.65. The number of thiophene rings is 1. The van der Waals surface area contributed by atoms with Gasteiger partial charge in [0.05, 0.1) is 11.1 Å². The quantitative estimate of drug-likeness (QED) is 0.800. The van der Waals surface area contributed by atoms with Gasteiger partial charge in [0.15, 0.2) is 11.7 Å². The molecule has 0 saturated heterocycles. The second-order valence-corrected chi connectivity index (χ2v) is 5.39. The van der Waals surface area contributed by atoms with Crippen LogP contribution in [0.1, 0.15) is 19.7 Å². The van der Waals surface area contributed by atoms with Crippen LogP contribution in [0.3, 0.4) is 0 Å². The van der Waals surface area contributed by atoms with E-state index in [9.17, 15) is 0 Å². The Morgan fingerprint density at radius 2 is 2.35 bits per heavy atom. The van der Waals surface area contributed by atoms with Crippen molar-refractivity contribution in [2.24, 2.45) is 5.92 Å². The minimum atomic E-state index is 0.682. The van der Waals surface area contributed by atoms with Crippen LogP contribution in [0, 0.1) is 5.92 Å². The Labute approximate surface area is 106 Å². The SMILES string of the molecule is CC(C)CNCCc1ncc(-c2cccs2)o1. The summed E-state index contributed by atoms with van der Waals surface area (Å²) in [6.45, 7) is 6.36. The molecule has 2 heterocycles. The fraction of sp³-hybridized carbons (Fsp3) is 0.462. The molecule has 0 bridgehead atoms. The van der Waals surface area contributed by atoms with Crippen molar-refractivity contribution < 1.29 is 4.42 Å². The van der Waals surface area contributed by atoms with E-state index in [0.717, 1.165) is 36.0 Å². The molecule has 0 unspecified atom stereocenters. The van der Waals surface area contributed by atoms with Gasteiger partial charge in [-0.3, -0.25) is 0 Å². The molecular weight excluding hydrogens is 232 g/mol. The molecule has 2 rings (SSSR count). The van der Waals surface area contributed by atoms with E-state index in [1.807, 2.05) is 23.7 Å². The molecule has 0 spiro atoms. The van der Waals surface area contributed by atoms with Crippen molar-refractivity contribution in [1.29, 1.82) is 0 Å². The fourth-order valence-electron chi connectivity index (χ4n) is 1.54. The van der Waals surface area contributed by atoms with Crippen LogP contribution in [0.5, 0.6) is 0 Å². The summed E-state index contributed by atoms with van der Waals surface area (Å²) in [7, 11) is 0. The molecule has 2 aromatic heterocycles. The minimum absolute atomic E-state index is 0.682. The molecule has 0 radical (unpaired) electrons. The smallest absolute Gasteiger partial charge is 0.196 e. The largest absolute Gasteiger partial charge is 0.440 e. The average Bonchev–Trinajstić information content (AvgIpc) is 2.94. The Hall–Kier alpha value is -1.13. The normalized spacial score (nSPS) is 11.2. The van der Waals surface area contributed by atoms with Crippen LogP contribution in [-0.2, 0) is 6.42 Å². The highest BCUT2D eigenvalue weighted by atomic mass is 32.1. The van der Waals surface area contributed by atoms with E-state index in [-0.39, 0.29) is 0 Å². The number of aromatic nitrogens is 1. The molecule has 0 aliphatic heterocycles. The maximum absolute atomic E-state index is 5.69. The third kappa shape index (κ3) is 3.68. The summed E-state index contributed by atoms with van der Waals surface area (Å²) < 4.78 is 5.69. The Morgan fingerprint density at radius 1 is 1.47 bits per heavy atom. The molecule has 2 aromatic rings. The summed E-state index contributed by atoms with van der Waals surface area (Å²) in [6, 6.07) is 4.07. The molecule has 0 atom stereocenters. The fourth-order valence-corrected chi connectivity index (χ4v) is 2.22. The molecule has 0 amide bonds. The lowest BCUT2D eigenvalue weighted by molar-refractivity contribution is 0.483. The number of rotatable bonds is 6. The third-order valence-corrected chi connectivity index (χ3v) is 3.27. The van der Waals surface area contributed by atoms with Gasteiger partial charge in [-0.1, -0.05) is 19.9 Å². The second kappa shape index (κ2) is 5.98. The van der Waals surface area contributed by atoms with Crippen LogP contribution in [-0.4, -0.2) is 18.1 Å². The Bertz CT molecular complexity index is 434. The van der Waals surface area contributed by atoms with Gasteiger partial charge in [-0.2, -0.15) is 0 Å². The zero-order valence-electron chi connectivity index (χ0n) is 10.3. The summed E-state index contributed by atoms with van der Waals surface area (Å²) >= 11 is 1.67. The van der Waals surface area contributed by atoms with Gasteiger partial charge in [0, 0.05) is 13.0 Å². The number of nitrogens with zero attached hydrogens (tertiary/aromatic N) is 1.